The Morgan fingerprint density at radius 2 is 1.33 bits per heavy atom. The minimum Gasteiger partial charge on any atom is -0.371 e. The number of nitrogens with zero attached hydrogens (tertiary/aromatic N) is 7. The quantitative estimate of drug-likeness (QED) is 0.255. The predicted octanol–water partition coefficient (Wildman–Crippen LogP) is 5.46. The van der Waals surface area contributed by atoms with Gasteiger partial charge < -0.3 is 19.6 Å². The first kappa shape index (κ1) is 38.7. The van der Waals surface area contributed by atoms with Crippen LogP contribution < -0.4 is 20.0 Å². The van der Waals surface area contributed by atoms with Crippen LogP contribution in [0.5, 0.6) is 0 Å². The first-order valence-electron chi connectivity index (χ1n) is 21.5. The van der Waals surface area contributed by atoms with E-state index in [4.69, 9.17) is 18.2 Å². The summed E-state index contributed by atoms with van der Waals surface area (Å²) in [4.78, 5) is 80.7. The molecular formula is C46H49ClN8O5. The number of hydrogen-bond donors (Lipinski definition) is 1. The number of hydrogen-bond acceptors (Lipinski definition) is 9. The Labute approximate surface area is 355 Å². The van der Waals surface area contributed by atoms with Gasteiger partial charge in [-0.25, -0.2) is 4.85 Å². The number of nitrogens with one attached hydrogen (secondary N) is 1. The van der Waals surface area contributed by atoms with Crippen LogP contribution >= 0.6 is 11.6 Å². The minimum atomic E-state index is -0.971. The highest BCUT2D eigenvalue weighted by atomic mass is 35.5. The van der Waals surface area contributed by atoms with Crippen molar-refractivity contribution in [3.8, 4) is 0 Å². The zero-order valence-corrected chi connectivity index (χ0v) is 34.4. The highest BCUT2D eigenvalue weighted by molar-refractivity contribution is 6.33. The fourth-order valence-electron chi connectivity index (χ4n) is 11.2. The first-order valence-corrected chi connectivity index (χ1v) is 21.9. The molecule has 5 amide bonds. The molecular weight excluding hydrogens is 780 g/mol. The minimum absolute atomic E-state index is 0.0941. The molecule has 0 aliphatic carbocycles. The van der Waals surface area contributed by atoms with Crippen molar-refractivity contribution in [3.05, 3.63) is 93.8 Å². The average molecular weight is 829 g/mol. The van der Waals surface area contributed by atoms with Gasteiger partial charge >= 0.3 is 0 Å². The summed E-state index contributed by atoms with van der Waals surface area (Å²) in [5, 5.41) is 2.77. The van der Waals surface area contributed by atoms with Crippen LogP contribution in [0.15, 0.2) is 60.7 Å². The third-order valence-electron chi connectivity index (χ3n) is 14.7. The molecule has 7 heterocycles. The van der Waals surface area contributed by atoms with Gasteiger partial charge in [0.1, 0.15) is 6.04 Å². The van der Waals surface area contributed by atoms with E-state index in [2.05, 4.69) is 46.8 Å². The molecule has 60 heavy (non-hydrogen) atoms. The van der Waals surface area contributed by atoms with Gasteiger partial charge in [-0.2, -0.15) is 0 Å². The van der Waals surface area contributed by atoms with Crippen molar-refractivity contribution in [1.29, 1.82) is 0 Å². The Bertz CT molecular complexity index is 2300. The second-order valence-corrected chi connectivity index (χ2v) is 18.4. The number of halogens is 1. The Hall–Kier alpha value is -5.45. The van der Waals surface area contributed by atoms with Crippen LogP contribution in [0.1, 0.15) is 76.0 Å². The largest absolute Gasteiger partial charge is 0.371 e. The lowest BCUT2D eigenvalue weighted by Crippen LogP contribution is -2.54. The van der Waals surface area contributed by atoms with E-state index in [1.165, 1.54) is 5.69 Å². The zero-order chi connectivity index (χ0) is 41.3. The number of anilines is 3. The summed E-state index contributed by atoms with van der Waals surface area (Å²) >= 11 is 6.35. The maximum Gasteiger partial charge on any atom is 0.262 e. The van der Waals surface area contributed by atoms with Gasteiger partial charge in [-0.1, -0.05) is 17.7 Å². The molecule has 3 aromatic rings. The van der Waals surface area contributed by atoms with Crippen molar-refractivity contribution in [1.82, 2.24) is 20.0 Å². The summed E-state index contributed by atoms with van der Waals surface area (Å²) in [6.45, 7) is 16.5. The zero-order valence-electron chi connectivity index (χ0n) is 33.7. The number of benzene rings is 3. The number of amides is 5. The summed E-state index contributed by atoms with van der Waals surface area (Å²) < 4.78 is 0. The van der Waals surface area contributed by atoms with E-state index < -0.39 is 23.8 Å². The molecule has 6 fully saturated rings. The number of imide groups is 2. The van der Waals surface area contributed by atoms with E-state index in [1.54, 1.807) is 12.1 Å². The van der Waals surface area contributed by atoms with Gasteiger partial charge in [-0.15, -0.1) is 0 Å². The van der Waals surface area contributed by atoms with Crippen LogP contribution in [-0.2, 0) is 9.59 Å². The summed E-state index contributed by atoms with van der Waals surface area (Å²) in [5.74, 6) is -0.886. The van der Waals surface area contributed by atoms with E-state index in [-0.39, 0.29) is 24.7 Å². The van der Waals surface area contributed by atoms with Gasteiger partial charge in [-0.05, 0) is 110 Å². The van der Waals surface area contributed by atoms with E-state index in [0.29, 0.717) is 45.1 Å². The molecule has 0 radical (unpaired) electrons. The SMILES string of the molecule is [C-]#[N+]c1ccc(N2CCC3(CCN(c4ccc(C(=O)N5C[C@@H]6CN(C7CCN(c8ccc9c(c8)C(=O)N(C8CCC(=O)NC8=O)C9=O)CC7)C[C@@H]6C5)cc4)CC3)C2)cc1Cl. The standard InChI is InChI=1S/C46H49ClN8O5/c1-48-39-9-7-35(23-38(39)47)52-21-16-46(28-52)14-19-51(20-15-46)32-4-2-29(3-5-32)43(58)54-26-30-24-53(25-31(30)27-54)33-12-17-50(18-13-33)34-6-8-36-37(22-34)45(60)55(44(36)59)40-10-11-41(56)49-42(40)57/h2-9,22-23,30-31,33,40H,10-21,24-28H2,(H,49,56,57)/t30-,31+,40?. The van der Waals surface area contributed by atoms with E-state index >= 15 is 0 Å². The topological polar surface area (TPSA) is 121 Å². The maximum absolute atomic E-state index is 13.7. The highest BCUT2D eigenvalue weighted by Crippen LogP contribution is 2.44. The van der Waals surface area contributed by atoms with Gasteiger partial charge in [0.25, 0.3) is 17.7 Å². The van der Waals surface area contributed by atoms with Crippen LogP contribution in [0.3, 0.4) is 0 Å². The molecule has 0 aromatic heterocycles. The third-order valence-corrected chi connectivity index (χ3v) is 15.0. The van der Waals surface area contributed by atoms with E-state index in [0.717, 1.165) is 119 Å². The number of rotatable bonds is 6. The molecule has 1 unspecified atom stereocenters. The van der Waals surface area contributed by atoms with Gasteiger partial charge in [0.05, 0.1) is 17.7 Å². The molecule has 13 nitrogen and oxygen atoms in total. The number of carbonyl (C=O) groups excluding carboxylic acids is 5. The van der Waals surface area contributed by atoms with Crippen LogP contribution in [0.2, 0.25) is 5.02 Å². The molecule has 7 aliphatic rings. The number of likely N-dealkylation sites (tertiary alicyclic amines) is 2. The van der Waals surface area contributed by atoms with Gasteiger partial charge in [0, 0.05) is 106 Å². The fourth-order valence-corrected chi connectivity index (χ4v) is 11.4. The lowest BCUT2D eigenvalue weighted by Gasteiger charge is -2.40. The van der Waals surface area contributed by atoms with Crippen molar-refractivity contribution in [2.24, 2.45) is 17.3 Å². The third kappa shape index (κ3) is 6.87. The lowest BCUT2D eigenvalue weighted by atomic mass is 9.77. The first-order chi connectivity index (χ1) is 29.1. The molecule has 1 N–H and O–H groups in total. The molecule has 3 atom stereocenters. The Morgan fingerprint density at radius 1 is 0.717 bits per heavy atom. The second-order valence-electron chi connectivity index (χ2n) is 18.0. The summed E-state index contributed by atoms with van der Waals surface area (Å²) in [6, 6.07) is 18.9. The normalized spacial score (nSPS) is 25.6. The van der Waals surface area contributed by atoms with E-state index in [1.807, 2.05) is 36.4 Å². The molecule has 310 valence electrons. The van der Waals surface area contributed by atoms with E-state index in [9.17, 15) is 24.0 Å². The van der Waals surface area contributed by atoms with Crippen molar-refractivity contribution in [2.45, 2.75) is 57.0 Å². The summed E-state index contributed by atoms with van der Waals surface area (Å²) in [7, 11) is 0. The van der Waals surface area contributed by atoms with Crippen LogP contribution in [0.25, 0.3) is 4.85 Å². The van der Waals surface area contributed by atoms with Crippen LogP contribution in [0, 0.1) is 23.8 Å². The molecule has 10 rings (SSSR count). The Morgan fingerprint density at radius 3 is 2.00 bits per heavy atom. The molecule has 6 saturated heterocycles. The summed E-state index contributed by atoms with van der Waals surface area (Å²) in [5.41, 5.74) is 5.33. The number of fused-ring (bicyclic) bond motifs is 2. The molecule has 0 bridgehead atoms. The van der Waals surface area contributed by atoms with Gasteiger partial charge in [-0.3, -0.25) is 39.1 Å². The molecule has 0 saturated carbocycles. The second kappa shape index (κ2) is 15.2. The summed E-state index contributed by atoms with van der Waals surface area (Å²) in [6.07, 6.45) is 5.63. The fraction of sp³-hybridized carbons (Fsp3) is 0.478. The number of piperidine rings is 3. The Kier molecular flexibility index (Phi) is 9.83. The van der Waals surface area contributed by atoms with Crippen molar-refractivity contribution >= 4 is 63.9 Å². The molecule has 14 heteroatoms. The average Bonchev–Trinajstić information content (AvgIpc) is 4.03. The smallest absolute Gasteiger partial charge is 0.262 e. The highest BCUT2D eigenvalue weighted by Gasteiger charge is 2.46. The maximum atomic E-state index is 13.7. The lowest BCUT2D eigenvalue weighted by molar-refractivity contribution is -0.136. The Balaban J connectivity index is 0.684. The molecule has 1 spiro atoms. The predicted molar refractivity (Wildman–Crippen MR) is 228 cm³/mol. The monoisotopic (exact) mass is 828 g/mol. The van der Waals surface area contributed by atoms with Crippen LogP contribution in [0.4, 0.5) is 22.7 Å². The van der Waals surface area contributed by atoms with Gasteiger partial charge in [0.2, 0.25) is 17.5 Å². The van der Waals surface area contributed by atoms with Crippen molar-refractivity contribution in [2.75, 3.05) is 80.1 Å². The van der Waals surface area contributed by atoms with Gasteiger partial charge in [0.15, 0.2) is 0 Å². The van der Waals surface area contributed by atoms with Crippen LogP contribution in [-0.4, -0.2) is 122 Å². The van der Waals surface area contributed by atoms with Crippen molar-refractivity contribution in [3.63, 3.8) is 0 Å². The molecule has 7 aliphatic heterocycles. The number of carbonyl (C=O) groups is 5. The van der Waals surface area contributed by atoms with Crippen molar-refractivity contribution < 1.29 is 24.0 Å². The molecule has 3 aromatic carbocycles.